The van der Waals surface area contributed by atoms with Crippen LogP contribution in [-0.2, 0) is 0 Å². The van der Waals surface area contributed by atoms with Crippen LogP contribution in [0.1, 0.15) is 30.6 Å². The molecule has 1 aliphatic heterocycles. The number of benzene rings is 1. The second-order valence-corrected chi connectivity index (χ2v) is 5.87. The molecule has 5 nitrogen and oxygen atoms in total. The minimum atomic E-state index is -0.211. The van der Waals surface area contributed by atoms with Crippen LogP contribution in [0.15, 0.2) is 24.3 Å². The Hall–Kier alpha value is -1.88. The topological polar surface area (TPSA) is 61.4 Å². The van der Waals surface area contributed by atoms with Crippen LogP contribution in [0.4, 0.5) is 10.5 Å². The van der Waals surface area contributed by atoms with Crippen LogP contribution in [0, 0.1) is 5.92 Å². The molecule has 2 amide bonds. The number of hydrogen-bond donors (Lipinski definition) is 2. The minimum Gasteiger partial charge on any atom is -0.335 e. The molecule has 114 valence electrons. The number of ketones is 1. The van der Waals surface area contributed by atoms with Crippen molar-refractivity contribution in [1.82, 2.24) is 10.2 Å². The van der Waals surface area contributed by atoms with E-state index in [1.807, 2.05) is 0 Å². The zero-order chi connectivity index (χ0) is 15.4. The lowest BCUT2D eigenvalue weighted by Gasteiger charge is -2.35. The lowest BCUT2D eigenvalue weighted by atomic mass is 9.94. The number of anilines is 1. The van der Waals surface area contributed by atoms with E-state index in [-0.39, 0.29) is 17.9 Å². The van der Waals surface area contributed by atoms with Gasteiger partial charge in [-0.1, -0.05) is 19.1 Å². The van der Waals surface area contributed by atoms with E-state index in [4.69, 9.17) is 0 Å². The molecule has 0 saturated carbocycles. The Balaban J connectivity index is 1.92. The summed E-state index contributed by atoms with van der Waals surface area (Å²) in [4.78, 5) is 25.7. The summed E-state index contributed by atoms with van der Waals surface area (Å²) in [5, 5.41) is 5.83. The summed E-state index contributed by atoms with van der Waals surface area (Å²) in [5.74, 6) is 0.418. The quantitative estimate of drug-likeness (QED) is 0.840. The molecule has 1 fully saturated rings. The summed E-state index contributed by atoms with van der Waals surface area (Å²) in [6.07, 6.45) is 0.957. The highest BCUT2D eigenvalue weighted by molar-refractivity contribution is 5.96. The molecule has 2 atom stereocenters. The van der Waals surface area contributed by atoms with Gasteiger partial charge < -0.3 is 15.5 Å². The molecule has 0 bridgehead atoms. The van der Waals surface area contributed by atoms with E-state index < -0.39 is 0 Å². The van der Waals surface area contributed by atoms with Crippen molar-refractivity contribution in [1.29, 1.82) is 0 Å². The Kier molecular flexibility index (Phi) is 4.96. The molecule has 21 heavy (non-hydrogen) atoms. The third kappa shape index (κ3) is 4.29. The van der Waals surface area contributed by atoms with E-state index in [2.05, 4.69) is 29.5 Å². The zero-order valence-electron chi connectivity index (χ0n) is 12.8. The number of rotatable bonds is 3. The number of likely N-dealkylation sites (tertiary alicyclic amines) is 1. The number of nitrogens with one attached hydrogen (secondary N) is 2. The second kappa shape index (κ2) is 6.72. The molecular weight excluding hydrogens is 266 g/mol. The molecule has 2 N–H and O–H groups in total. The van der Waals surface area contributed by atoms with Gasteiger partial charge in [-0.15, -0.1) is 0 Å². The van der Waals surface area contributed by atoms with Gasteiger partial charge in [0, 0.05) is 23.8 Å². The Morgan fingerprint density at radius 1 is 1.33 bits per heavy atom. The molecule has 0 aliphatic carbocycles. The number of piperidine rings is 1. The van der Waals surface area contributed by atoms with Crippen molar-refractivity contribution in [2.24, 2.45) is 5.92 Å². The van der Waals surface area contributed by atoms with Crippen molar-refractivity contribution in [2.75, 3.05) is 25.5 Å². The number of amides is 2. The summed E-state index contributed by atoms with van der Waals surface area (Å²) in [6, 6.07) is 6.97. The molecule has 0 spiro atoms. The van der Waals surface area contributed by atoms with E-state index in [0.717, 1.165) is 19.5 Å². The van der Waals surface area contributed by atoms with Gasteiger partial charge in [-0.3, -0.25) is 4.79 Å². The summed E-state index contributed by atoms with van der Waals surface area (Å²) in [7, 11) is 2.10. The average molecular weight is 289 g/mol. The van der Waals surface area contributed by atoms with Crippen LogP contribution in [0.3, 0.4) is 0 Å². The Labute approximate surface area is 125 Å². The van der Waals surface area contributed by atoms with Crippen molar-refractivity contribution in [3.63, 3.8) is 0 Å². The maximum Gasteiger partial charge on any atom is 0.319 e. The van der Waals surface area contributed by atoms with E-state index >= 15 is 0 Å². The van der Waals surface area contributed by atoms with Gasteiger partial charge in [0.15, 0.2) is 5.78 Å². The van der Waals surface area contributed by atoms with E-state index in [1.165, 1.54) is 6.92 Å². The van der Waals surface area contributed by atoms with Crippen LogP contribution >= 0.6 is 0 Å². The monoisotopic (exact) mass is 289 g/mol. The summed E-state index contributed by atoms with van der Waals surface area (Å²) < 4.78 is 0. The summed E-state index contributed by atoms with van der Waals surface area (Å²) in [6.45, 7) is 5.65. The smallest absolute Gasteiger partial charge is 0.319 e. The largest absolute Gasteiger partial charge is 0.335 e. The van der Waals surface area contributed by atoms with E-state index in [9.17, 15) is 9.59 Å². The first-order chi connectivity index (χ1) is 9.95. The first-order valence-corrected chi connectivity index (χ1v) is 7.33. The summed E-state index contributed by atoms with van der Waals surface area (Å²) >= 11 is 0. The lowest BCUT2D eigenvalue weighted by Crippen LogP contribution is -2.49. The highest BCUT2D eigenvalue weighted by atomic mass is 16.2. The van der Waals surface area contributed by atoms with Crippen molar-refractivity contribution < 1.29 is 9.59 Å². The Morgan fingerprint density at radius 3 is 2.76 bits per heavy atom. The van der Waals surface area contributed by atoms with Gasteiger partial charge in [0.25, 0.3) is 0 Å². The van der Waals surface area contributed by atoms with Gasteiger partial charge in [0.05, 0.1) is 0 Å². The van der Waals surface area contributed by atoms with Gasteiger partial charge in [-0.25, -0.2) is 4.79 Å². The lowest BCUT2D eigenvalue weighted by molar-refractivity contribution is 0.101. The fraction of sp³-hybridized carbons (Fsp3) is 0.500. The normalized spacial score (nSPS) is 22.6. The van der Waals surface area contributed by atoms with Gasteiger partial charge in [-0.05, 0) is 45.0 Å². The molecule has 0 aromatic heterocycles. The minimum absolute atomic E-state index is 0.0111. The first-order valence-electron chi connectivity index (χ1n) is 7.33. The van der Waals surface area contributed by atoms with Gasteiger partial charge >= 0.3 is 6.03 Å². The molecule has 0 radical (unpaired) electrons. The molecule has 1 aromatic rings. The van der Waals surface area contributed by atoms with Crippen LogP contribution in [0.5, 0.6) is 0 Å². The molecule has 1 heterocycles. The predicted molar refractivity (Wildman–Crippen MR) is 83.7 cm³/mol. The third-order valence-corrected chi connectivity index (χ3v) is 3.95. The molecule has 1 aliphatic rings. The fourth-order valence-electron chi connectivity index (χ4n) is 2.72. The van der Waals surface area contributed by atoms with Gasteiger partial charge in [0.1, 0.15) is 0 Å². The van der Waals surface area contributed by atoms with Crippen LogP contribution in [-0.4, -0.2) is 42.9 Å². The third-order valence-electron chi connectivity index (χ3n) is 3.95. The number of Topliss-reactive ketones (excluding diaryl/α,β-unsaturated/α-hetero) is 1. The SMILES string of the molecule is CC(=O)c1cccc(NC(=O)NC2CCN(C)CC2C)c1. The van der Waals surface area contributed by atoms with Crippen molar-refractivity contribution in [2.45, 2.75) is 26.3 Å². The van der Waals surface area contributed by atoms with Crippen LogP contribution < -0.4 is 10.6 Å². The fourth-order valence-corrected chi connectivity index (χ4v) is 2.72. The molecule has 2 unspecified atom stereocenters. The van der Waals surface area contributed by atoms with E-state index in [1.54, 1.807) is 24.3 Å². The maximum absolute atomic E-state index is 12.1. The number of carbonyl (C=O) groups excluding carboxylic acids is 2. The predicted octanol–water partition coefficient (Wildman–Crippen LogP) is 2.35. The first kappa shape index (κ1) is 15.5. The number of hydrogen-bond acceptors (Lipinski definition) is 3. The zero-order valence-corrected chi connectivity index (χ0v) is 12.8. The maximum atomic E-state index is 12.1. The standard InChI is InChI=1S/C16H23N3O2/c1-11-10-19(3)8-7-15(11)18-16(21)17-14-6-4-5-13(9-14)12(2)20/h4-6,9,11,15H,7-8,10H2,1-3H3,(H2,17,18,21). The van der Waals surface area contributed by atoms with E-state index in [0.29, 0.717) is 17.2 Å². The van der Waals surface area contributed by atoms with Crippen LogP contribution in [0.25, 0.3) is 0 Å². The van der Waals surface area contributed by atoms with Gasteiger partial charge in [-0.2, -0.15) is 0 Å². The van der Waals surface area contributed by atoms with Gasteiger partial charge in [0.2, 0.25) is 0 Å². The van der Waals surface area contributed by atoms with Crippen molar-refractivity contribution >= 4 is 17.5 Å². The molecule has 2 rings (SSSR count). The molecule has 1 saturated heterocycles. The Bertz CT molecular complexity index is 530. The number of urea groups is 1. The second-order valence-electron chi connectivity index (χ2n) is 5.87. The van der Waals surface area contributed by atoms with Crippen molar-refractivity contribution in [3.05, 3.63) is 29.8 Å². The number of nitrogens with zero attached hydrogens (tertiary/aromatic N) is 1. The number of carbonyl (C=O) groups is 2. The van der Waals surface area contributed by atoms with Crippen LogP contribution in [0.2, 0.25) is 0 Å². The Morgan fingerprint density at radius 2 is 2.10 bits per heavy atom. The molecule has 1 aromatic carbocycles. The van der Waals surface area contributed by atoms with Crippen molar-refractivity contribution in [3.8, 4) is 0 Å². The molecular formula is C16H23N3O2. The average Bonchev–Trinajstić information content (AvgIpc) is 2.42. The summed E-state index contributed by atoms with van der Waals surface area (Å²) in [5.41, 5.74) is 1.24. The molecule has 5 heteroatoms. The highest BCUT2D eigenvalue weighted by Gasteiger charge is 2.25. The highest BCUT2D eigenvalue weighted by Crippen LogP contribution is 2.16.